The summed E-state index contributed by atoms with van der Waals surface area (Å²) >= 11 is 0. The van der Waals surface area contributed by atoms with E-state index in [1.807, 2.05) is 0 Å². The number of unbranched alkanes of at least 4 members (excludes halogenated alkanes) is 29. The van der Waals surface area contributed by atoms with Crippen LogP contribution in [0.1, 0.15) is 278 Å². The second-order valence-electron chi connectivity index (χ2n) is 18.5. The third-order valence-electron chi connectivity index (χ3n) is 12.0. The van der Waals surface area contributed by atoms with Gasteiger partial charge < -0.3 is 14.2 Å². The van der Waals surface area contributed by atoms with E-state index in [4.69, 9.17) is 14.2 Å². The van der Waals surface area contributed by atoms with Crippen LogP contribution in [-0.4, -0.2) is 37.2 Å². The normalized spacial score (nSPS) is 12.5. The number of ether oxygens (including phenoxy) is 3. The smallest absolute Gasteiger partial charge is 0.306 e. The Labute approximate surface area is 402 Å². The standard InChI is InChI=1S/C59H104O6/c1-4-7-10-13-16-19-22-25-28-29-32-35-38-41-44-47-50-53-59(62)65-56(54-63-57(60)51-48-45-42-39-36-33-30-26-23-20-17-14-11-8-5-2)55-64-58(61)52-49-46-43-40-37-34-31-27-24-21-18-15-12-9-6-3/h8,11,17-18,20-21,26-27,30-31,56H,4-7,9-10,12-16,19,22-25,28-29,32-55H2,1-3H3/b11-8-,20-17-,21-18-,30-26-,31-27-/t56-/m1/s1. The van der Waals surface area contributed by atoms with Crippen molar-refractivity contribution in [1.29, 1.82) is 0 Å². The number of carbonyl (C=O) groups excluding carboxylic acids is 3. The first-order chi connectivity index (χ1) is 32.0. The van der Waals surface area contributed by atoms with E-state index in [1.54, 1.807) is 0 Å². The van der Waals surface area contributed by atoms with Gasteiger partial charge in [0.15, 0.2) is 6.10 Å². The third kappa shape index (κ3) is 51.9. The minimum atomic E-state index is -0.785. The summed E-state index contributed by atoms with van der Waals surface area (Å²) < 4.78 is 16.8. The lowest BCUT2D eigenvalue weighted by molar-refractivity contribution is -0.167. The molecule has 0 bridgehead atoms. The number of allylic oxidation sites excluding steroid dienone is 10. The molecule has 0 amide bonds. The molecule has 0 fully saturated rings. The fraction of sp³-hybridized carbons (Fsp3) is 0.780. The van der Waals surface area contributed by atoms with Gasteiger partial charge in [-0.3, -0.25) is 14.4 Å². The molecule has 0 aromatic heterocycles. The fourth-order valence-corrected chi connectivity index (χ4v) is 7.84. The zero-order valence-corrected chi connectivity index (χ0v) is 43.0. The van der Waals surface area contributed by atoms with Gasteiger partial charge in [-0.25, -0.2) is 0 Å². The van der Waals surface area contributed by atoms with Crippen LogP contribution in [0.3, 0.4) is 0 Å². The summed E-state index contributed by atoms with van der Waals surface area (Å²) in [5.74, 6) is -0.904. The van der Waals surface area contributed by atoms with Gasteiger partial charge in [0.25, 0.3) is 0 Å². The van der Waals surface area contributed by atoms with E-state index in [0.717, 1.165) is 116 Å². The summed E-state index contributed by atoms with van der Waals surface area (Å²) in [5, 5.41) is 0. The topological polar surface area (TPSA) is 78.9 Å². The zero-order chi connectivity index (χ0) is 47.2. The maximum Gasteiger partial charge on any atom is 0.306 e. The summed E-state index contributed by atoms with van der Waals surface area (Å²) in [5.41, 5.74) is 0. The van der Waals surface area contributed by atoms with E-state index in [2.05, 4.69) is 81.5 Å². The molecule has 0 unspecified atom stereocenters. The van der Waals surface area contributed by atoms with E-state index in [1.165, 1.54) is 122 Å². The first-order valence-corrected chi connectivity index (χ1v) is 27.8. The Morgan fingerprint density at radius 1 is 0.323 bits per heavy atom. The highest BCUT2D eigenvalue weighted by Crippen LogP contribution is 2.16. The minimum absolute atomic E-state index is 0.0851. The number of hydrogen-bond donors (Lipinski definition) is 0. The predicted molar refractivity (Wildman–Crippen MR) is 279 cm³/mol. The van der Waals surface area contributed by atoms with E-state index >= 15 is 0 Å². The molecule has 0 N–H and O–H groups in total. The fourth-order valence-electron chi connectivity index (χ4n) is 7.84. The summed E-state index contributed by atoms with van der Waals surface area (Å²) in [6, 6.07) is 0. The molecule has 0 aromatic rings. The molecule has 0 aromatic carbocycles. The lowest BCUT2D eigenvalue weighted by Gasteiger charge is -2.18. The van der Waals surface area contributed by atoms with Crippen molar-refractivity contribution in [3.8, 4) is 0 Å². The molecule has 6 heteroatoms. The van der Waals surface area contributed by atoms with E-state index in [9.17, 15) is 14.4 Å². The number of hydrogen-bond acceptors (Lipinski definition) is 6. The van der Waals surface area contributed by atoms with Gasteiger partial charge in [0, 0.05) is 19.3 Å². The Kier molecular flexibility index (Phi) is 51.3. The van der Waals surface area contributed by atoms with Crippen LogP contribution in [-0.2, 0) is 28.6 Å². The first kappa shape index (κ1) is 62.1. The molecule has 0 heterocycles. The molecular formula is C59H104O6. The van der Waals surface area contributed by atoms with Crippen molar-refractivity contribution < 1.29 is 28.6 Å². The largest absolute Gasteiger partial charge is 0.462 e. The summed E-state index contributed by atoms with van der Waals surface area (Å²) in [4.78, 5) is 38.1. The lowest BCUT2D eigenvalue weighted by Crippen LogP contribution is -2.30. The van der Waals surface area contributed by atoms with Crippen LogP contribution in [0.15, 0.2) is 60.8 Å². The highest BCUT2D eigenvalue weighted by atomic mass is 16.6. The number of rotatable bonds is 50. The van der Waals surface area contributed by atoms with Crippen LogP contribution in [0, 0.1) is 0 Å². The van der Waals surface area contributed by atoms with Crippen LogP contribution in [0.4, 0.5) is 0 Å². The monoisotopic (exact) mass is 909 g/mol. The summed E-state index contributed by atoms with van der Waals surface area (Å²) in [7, 11) is 0. The molecule has 1 atom stereocenters. The van der Waals surface area contributed by atoms with Crippen LogP contribution >= 0.6 is 0 Å². The maximum absolute atomic E-state index is 12.8. The van der Waals surface area contributed by atoms with Gasteiger partial charge in [-0.05, 0) is 83.5 Å². The lowest BCUT2D eigenvalue weighted by atomic mass is 10.0. The molecule has 0 saturated heterocycles. The van der Waals surface area contributed by atoms with Gasteiger partial charge in [-0.15, -0.1) is 0 Å². The van der Waals surface area contributed by atoms with E-state index in [-0.39, 0.29) is 31.1 Å². The van der Waals surface area contributed by atoms with Crippen molar-refractivity contribution >= 4 is 17.9 Å². The SMILES string of the molecule is CC/C=C\C/C=C\C/C=C\CCCCCCCC(=O)OC[C@H](COC(=O)CCCCCCC/C=C\C/C=C\CCCCC)OC(=O)CCCCCCCCCCCCCCCCCCC. The van der Waals surface area contributed by atoms with Crippen molar-refractivity contribution in [2.45, 2.75) is 284 Å². The molecule has 0 aliphatic rings. The first-order valence-electron chi connectivity index (χ1n) is 27.8. The van der Waals surface area contributed by atoms with Crippen molar-refractivity contribution in [3.05, 3.63) is 60.8 Å². The molecule has 0 saturated carbocycles. The molecule has 0 spiro atoms. The minimum Gasteiger partial charge on any atom is -0.462 e. The zero-order valence-electron chi connectivity index (χ0n) is 43.0. The Morgan fingerprint density at radius 2 is 0.600 bits per heavy atom. The van der Waals surface area contributed by atoms with Gasteiger partial charge >= 0.3 is 17.9 Å². The van der Waals surface area contributed by atoms with Gasteiger partial charge in [-0.2, -0.15) is 0 Å². The number of carbonyl (C=O) groups is 3. The second kappa shape index (κ2) is 53.7. The highest BCUT2D eigenvalue weighted by molar-refractivity contribution is 5.71. The van der Waals surface area contributed by atoms with Gasteiger partial charge in [-0.1, -0.05) is 236 Å². The Bertz CT molecular complexity index is 1180. The second-order valence-corrected chi connectivity index (χ2v) is 18.5. The van der Waals surface area contributed by atoms with Crippen LogP contribution in [0.2, 0.25) is 0 Å². The maximum atomic E-state index is 12.8. The van der Waals surface area contributed by atoms with Gasteiger partial charge in [0.05, 0.1) is 0 Å². The highest BCUT2D eigenvalue weighted by Gasteiger charge is 2.19. The predicted octanol–water partition coefficient (Wildman–Crippen LogP) is 18.4. The van der Waals surface area contributed by atoms with E-state index in [0.29, 0.717) is 19.3 Å². The van der Waals surface area contributed by atoms with Crippen LogP contribution in [0.5, 0.6) is 0 Å². The van der Waals surface area contributed by atoms with Crippen molar-refractivity contribution in [1.82, 2.24) is 0 Å². The summed E-state index contributed by atoms with van der Waals surface area (Å²) in [6.45, 7) is 6.50. The molecule has 0 radical (unpaired) electrons. The molecule has 65 heavy (non-hydrogen) atoms. The average molecular weight is 909 g/mol. The van der Waals surface area contributed by atoms with Crippen molar-refractivity contribution in [2.75, 3.05) is 13.2 Å². The number of esters is 3. The molecule has 0 rings (SSSR count). The van der Waals surface area contributed by atoms with Gasteiger partial charge in [0.1, 0.15) is 13.2 Å². The quantitative estimate of drug-likeness (QED) is 0.0262. The Balaban J connectivity index is 4.40. The van der Waals surface area contributed by atoms with Gasteiger partial charge in [0.2, 0.25) is 0 Å². The van der Waals surface area contributed by atoms with Crippen LogP contribution in [0.25, 0.3) is 0 Å². The molecule has 376 valence electrons. The molecule has 6 nitrogen and oxygen atoms in total. The van der Waals surface area contributed by atoms with E-state index < -0.39 is 6.10 Å². The van der Waals surface area contributed by atoms with Crippen molar-refractivity contribution in [2.24, 2.45) is 0 Å². The Hall–Kier alpha value is -2.89. The van der Waals surface area contributed by atoms with Crippen LogP contribution < -0.4 is 0 Å². The molecule has 0 aliphatic carbocycles. The van der Waals surface area contributed by atoms with Crippen molar-refractivity contribution in [3.63, 3.8) is 0 Å². The third-order valence-corrected chi connectivity index (χ3v) is 12.0. The molecular weight excluding hydrogens is 805 g/mol. The average Bonchev–Trinajstić information content (AvgIpc) is 3.30. The Morgan fingerprint density at radius 3 is 0.969 bits per heavy atom. The molecule has 0 aliphatic heterocycles. The summed E-state index contributed by atoms with van der Waals surface area (Å²) in [6.07, 6.45) is 66.3.